The van der Waals surface area contributed by atoms with Gasteiger partial charge in [0.1, 0.15) is 35.8 Å². The Kier molecular flexibility index (Phi) is 8.71. The summed E-state index contributed by atoms with van der Waals surface area (Å²) in [7, 11) is -4.23. The highest BCUT2D eigenvalue weighted by Crippen LogP contribution is 2.46. The molecule has 0 radical (unpaired) electrons. The number of hydrogen-bond acceptors (Lipinski definition) is 13. The molecule has 1 aliphatic rings. The van der Waals surface area contributed by atoms with Gasteiger partial charge in [0.15, 0.2) is 12.0 Å². The van der Waals surface area contributed by atoms with Gasteiger partial charge in [0.2, 0.25) is 5.95 Å². The lowest BCUT2D eigenvalue weighted by Gasteiger charge is -2.25. The third-order valence-corrected chi connectivity index (χ3v) is 7.38. The molecule has 0 amide bonds. The number of carbonyl (C=O) groups excluding carboxylic acids is 1. The molecule has 3 heterocycles. The van der Waals surface area contributed by atoms with Gasteiger partial charge in [0.05, 0.1) is 18.1 Å². The molecular formula is C23H31N6O9P. The molecule has 0 saturated carbocycles. The van der Waals surface area contributed by atoms with E-state index >= 15 is 0 Å². The first-order valence-corrected chi connectivity index (χ1v) is 13.6. The van der Waals surface area contributed by atoms with Crippen LogP contribution < -0.4 is 20.8 Å². The fourth-order valence-electron chi connectivity index (χ4n) is 3.94. The average molecular weight is 567 g/mol. The number of carbonyl (C=O) groups is 1. The fourth-order valence-corrected chi connectivity index (χ4v) is 5.45. The number of esters is 1. The van der Waals surface area contributed by atoms with Crippen molar-refractivity contribution in [3.63, 3.8) is 0 Å². The molecule has 16 heteroatoms. The average Bonchev–Trinajstić information content (AvgIpc) is 3.42. The zero-order chi connectivity index (χ0) is 28.3. The standard InChI is InChI=1S/C23H31N6O9P/c1-12(2)36-22(32)13(3)28-39(34,38-14-7-5-4-6-8-14)35-11-16-17(30)18(31)21(37-16)29-10-9-15-19(27-33)25-23(24)26-20(15)29/h4-10,12-13,16-18,21,30-31,33H,11H2,1-3H3,(H,28,34)(H3,24,25,26,27)/t13-,16-,17-,18-,21-,39-/m1/s1. The Balaban J connectivity index is 1.52. The van der Waals surface area contributed by atoms with Crippen molar-refractivity contribution in [1.82, 2.24) is 19.6 Å². The Morgan fingerprint density at radius 1 is 1.18 bits per heavy atom. The maximum Gasteiger partial charge on any atom is 0.459 e. The molecule has 2 aromatic heterocycles. The van der Waals surface area contributed by atoms with Gasteiger partial charge < -0.3 is 34.5 Å². The number of hydrogen-bond donors (Lipinski definition) is 6. The van der Waals surface area contributed by atoms with Crippen molar-refractivity contribution in [2.75, 3.05) is 17.8 Å². The highest BCUT2D eigenvalue weighted by atomic mass is 31.2. The molecule has 212 valence electrons. The lowest BCUT2D eigenvalue weighted by molar-refractivity contribution is -0.149. The number of para-hydroxylation sites is 1. The molecule has 4 rings (SSSR count). The Morgan fingerprint density at radius 3 is 2.56 bits per heavy atom. The van der Waals surface area contributed by atoms with Crippen LogP contribution in [0.1, 0.15) is 27.0 Å². The van der Waals surface area contributed by atoms with E-state index in [-0.39, 0.29) is 23.2 Å². The minimum Gasteiger partial charge on any atom is -0.462 e. The zero-order valence-corrected chi connectivity index (χ0v) is 22.3. The van der Waals surface area contributed by atoms with Crippen LogP contribution in [0.3, 0.4) is 0 Å². The van der Waals surface area contributed by atoms with Gasteiger partial charge in [-0.3, -0.25) is 20.0 Å². The van der Waals surface area contributed by atoms with Crippen LogP contribution in [0.2, 0.25) is 0 Å². The molecule has 0 aliphatic carbocycles. The van der Waals surface area contributed by atoms with Gasteiger partial charge in [0.25, 0.3) is 0 Å². The first-order chi connectivity index (χ1) is 18.5. The lowest BCUT2D eigenvalue weighted by Crippen LogP contribution is -2.38. The van der Waals surface area contributed by atoms with E-state index in [9.17, 15) is 24.8 Å². The number of aliphatic hydroxyl groups is 2. The first kappa shape index (κ1) is 28.7. The maximum absolute atomic E-state index is 13.7. The minimum atomic E-state index is -4.23. The van der Waals surface area contributed by atoms with Gasteiger partial charge in [-0.25, -0.2) is 4.57 Å². The second-order valence-electron chi connectivity index (χ2n) is 9.08. The van der Waals surface area contributed by atoms with Crippen molar-refractivity contribution in [2.24, 2.45) is 0 Å². The summed E-state index contributed by atoms with van der Waals surface area (Å²) < 4.78 is 37.3. The molecule has 0 unspecified atom stereocenters. The van der Waals surface area contributed by atoms with Crippen LogP contribution in [-0.2, 0) is 23.4 Å². The molecule has 0 bridgehead atoms. The van der Waals surface area contributed by atoms with Crippen molar-refractivity contribution >= 4 is 36.5 Å². The Labute approximate surface area is 223 Å². The predicted molar refractivity (Wildman–Crippen MR) is 138 cm³/mol. The molecule has 0 spiro atoms. The summed E-state index contributed by atoms with van der Waals surface area (Å²) in [6.45, 7) is 4.31. The second-order valence-corrected chi connectivity index (χ2v) is 10.8. The number of nitrogen functional groups attached to an aromatic ring is 1. The Bertz CT molecular complexity index is 1340. The maximum atomic E-state index is 13.7. The minimum absolute atomic E-state index is 0.0411. The summed E-state index contributed by atoms with van der Waals surface area (Å²) in [5.41, 5.74) is 7.87. The molecule has 1 aromatic carbocycles. The number of anilines is 2. The number of nitrogens with zero attached hydrogens (tertiary/aromatic N) is 3. The van der Waals surface area contributed by atoms with Crippen molar-refractivity contribution < 1.29 is 43.3 Å². The Hall–Kier alpha value is -3.30. The van der Waals surface area contributed by atoms with Crippen molar-refractivity contribution in [2.45, 2.75) is 57.5 Å². The quantitative estimate of drug-likeness (QED) is 0.110. The molecule has 7 N–H and O–H groups in total. The largest absolute Gasteiger partial charge is 0.462 e. The summed E-state index contributed by atoms with van der Waals surface area (Å²) in [5.74, 6) is -0.579. The van der Waals surface area contributed by atoms with Crippen LogP contribution in [0.25, 0.3) is 11.0 Å². The fraction of sp³-hybridized carbons (Fsp3) is 0.435. The van der Waals surface area contributed by atoms with Gasteiger partial charge >= 0.3 is 13.7 Å². The van der Waals surface area contributed by atoms with Crippen LogP contribution in [0.5, 0.6) is 5.75 Å². The number of fused-ring (bicyclic) bond motifs is 1. The lowest BCUT2D eigenvalue weighted by atomic mass is 10.1. The van der Waals surface area contributed by atoms with Gasteiger partial charge in [-0.15, -0.1) is 0 Å². The zero-order valence-electron chi connectivity index (χ0n) is 21.4. The summed E-state index contributed by atoms with van der Waals surface area (Å²) >= 11 is 0. The molecule has 6 atom stereocenters. The van der Waals surface area contributed by atoms with Crippen LogP contribution in [0.4, 0.5) is 11.8 Å². The van der Waals surface area contributed by atoms with Crippen molar-refractivity contribution in [3.05, 3.63) is 42.6 Å². The molecule has 1 aliphatic heterocycles. The third kappa shape index (κ3) is 6.47. The summed E-state index contributed by atoms with van der Waals surface area (Å²) in [4.78, 5) is 20.4. The third-order valence-electron chi connectivity index (χ3n) is 5.74. The van der Waals surface area contributed by atoms with E-state index in [0.717, 1.165) is 0 Å². The highest BCUT2D eigenvalue weighted by molar-refractivity contribution is 7.52. The van der Waals surface area contributed by atoms with Gasteiger partial charge in [0, 0.05) is 6.20 Å². The van der Waals surface area contributed by atoms with Crippen LogP contribution >= 0.6 is 7.75 Å². The molecule has 39 heavy (non-hydrogen) atoms. The second kappa shape index (κ2) is 11.8. The number of ether oxygens (including phenoxy) is 2. The predicted octanol–water partition coefficient (Wildman–Crippen LogP) is 1.57. The van der Waals surface area contributed by atoms with Crippen molar-refractivity contribution in [1.29, 1.82) is 0 Å². The topological polar surface area (TPSA) is 213 Å². The number of aliphatic hydroxyl groups excluding tert-OH is 2. The van der Waals surface area contributed by atoms with Gasteiger partial charge in [-0.1, -0.05) is 18.2 Å². The molecule has 1 fully saturated rings. The molecule has 15 nitrogen and oxygen atoms in total. The van der Waals surface area contributed by atoms with E-state index in [0.29, 0.717) is 5.39 Å². The number of rotatable bonds is 11. The Morgan fingerprint density at radius 2 is 1.90 bits per heavy atom. The van der Waals surface area contributed by atoms with E-state index in [1.165, 1.54) is 17.7 Å². The normalized spacial score (nSPS) is 23.5. The van der Waals surface area contributed by atoms with E-state index in [2.05, 4.69) is 15.1 Å². The molecule has 1 saturated heterocycles. The number of benzene rings is 1. The number of nitrogens with two attached hydrogens (primary N) is 1. The van der Waals surface area contributed by atoms with E-state index in [4.69, 9.17) is 24.3 Å². The summed E-state index contributed by atoms with van der Waals surface area (Å²) in [6, 6.07) is 8.66. The smallest absolute Gasteiger partial charge is 0.459 e. The van der Waals surface area contributed by atoms with Gasteiger partial charge in [-0.05, 0) is 39.0 Å². The van der Waals surface area contributed by atoms with E-state index in [1.807, 2.05) is 5.48 Å². The summed E-state index contributed by atoms with van der Waals surface area (Å²) in [5, 5.41) is 33.7. The number of aromatic nitrogens is 3. The van der Waals surface area contributed by atoms with Crippen LogP contribution in [0, 0.1) is 0 Å². The number of nitrogens with one attached hydrogen (secondary N) is 2. The van der Waals surface area contributed by atoms with E-state index < -0.39 is 57.0 Å². The van der Waals surface area contributed by atoms with Crippen molar-refractivity contribution in [3.8, 4) is 5.75 Å². The molecular weight excluding hydrogens is 535 g/mol. The summed E-state index contributed by atoms with van der Waals surface area (Å²) in [6.07, 6.45) is -4.10. The highest BCUT2D eigenvalue weighted by Gasteiger charge is 2.46. The monoisotopic (exact) mass is 566 g/mol. The molecule has 3 aromatic rings. The first-order valence-electron chi connectivity index (χ1n) is 12.0. The van der Waals surface area contributed by atoms with Gasteiger partial charge in [-0.2, -0.15) is 15.1 Å². The van der Waals surface area contributed by atoms with E-state index in [1.54, 1.807) is 50.2 Å². The van der Waals surface area contributed by atoms with Crippen LogP contribution in [0.15, 0.2) is 42.6 Å². The SMILES string of the molecule is CC(C)OC(=O)[C@@H](C)N[P@@](=O)(OC[C@H]1O[C@@H](n2ccc3c(NO)nc(N)nc32)[C@H](O)[C@@H]1O)Oc1ccccc1. The van der Waals surface area contributed by atoms with Crippen LogP contribution in [-0.4, -0.2) is 73.0 Å².